The standard InChI is InChI=1S/C26H21ClN2O5/c1-15-7-12-21(16(2)13-15)34-26(32)17-8-10-18(11-9-17)28-23-22(27)24(30)29(25(23)31)19-5-4-6-20(14-19)33-3/h4-14,28H,1-3H3. The summed E-state index contributed by atoms with van der Waals surface area (Å²) in [7, 11) is 1.49. The number of hydrogen-bond donors (Lipinski definition) is 1. The molecule has 0 spiro atoms. The number of amides is 2. The highest BCUT2D eigenvalue weighted by atomic mass is 35.5. The Morgan fingerprint density at radius 1 is 0.941 bits per heavy atom. The van der Waals surface area contributed by atoms with Gasteiger partial charge in [-0.25, -0.2) is 9.69 Å². The minimum absolute atomic E-state index is 0.0555. The summed E-state index contributed by atoms with van der Waals surface area (Å²) in [5.74, 6) is -0.758. The van der Waals surface area contributed by atoms with Gasteiger partial charge in [-0.1, -0.05) is 35.4 Å². The van der Waals surface area contributed by atoms with Crippen molar-refractivity contribution in [3.8, 4) is 11.5 Å². The van der Waals surface area contributed by atoms with Crippen LogP contribution in [0.15, 0.2) is 77.5 Å². The Kier molecular flexibility index (Phi) is 6.38. The molecule has 0 atom stereocenters. The van der Waals surface area contributed by atoms with E-state index in [1.165, 1.54) is 7.11 Å². The Balaban J connectivity index is 1.49. The van der Waals surface area contributed by atoms with Crippen molar-refractivity contribution in [3.63, 3.8) is 0 Å². The van der Waals surface area contributed by atoms with Gasteiger partial charge in [-0.15, -0.1) is 0 Å². The van der Waals surface area contributed by atoms with E-state index in [0.717, 1.165) is 16.0 Å². The van der Waals surface area contributed by atoms with E-state index in [4.69, 9.17) is 21.1 Å². The average Bonchev–Trinajstić information content (AvgIpc) is 3.04. The van der Waals surface area contributed by atoms with Crippen LogP contribution in [0.3, 0.4) is 0 Å². The van der Waals surface area contributed by atoms with Gasteiger partial charge in [0.15, 0.2) is 0 Å². The lowest BCUT2D eigenvalue weighted by Crippen LogP contribution is -2.32. The Bertz CT molecular complexity index is 1330. The molecule has 172 valence electrons. The monoisotopic (exact) mass is 476 g/mol. The molecule has 7 nitrogen and oxygen atoms in total. The van der Waals surface area contributed by atoms with E-state index in [2.05, 4.69) is 5.32 Å². The molecular weight excluding hydrogens is 456 g/mol. The molecule has 4 rings (SSSR count). The quantitative estimate of drug-likeness (QED) is 0.307. The molecule has 3 aromatic rings. The van der Waals surface area contributed by atoms with E-state index in [9.17, 15) is 14.4 Å². The van der Waals surface area contributed by atoms with Gasteiger partial charge in [0.05, 0.1) is 18.4 Å². The zero-order valence-electron chi connectivity index (χ0n) is 18.7. The van der Waals surface area contributed by atoms with Crippen molar-refractivity contribution in [1.82, 2.24) is 0 Å². The number of anilines is 2. The van der Waals surface area contributed by atoms with E-state index in [0.29, 0.717) is 28.4 Å². The zero-order chi connectivity index (χ0) is 24.4. The lowest BCUT2D eigenvalue weighted by molar-refractivity contribution is -0.120. The molecule has 2 amide bonds. The molecule has 8 heteroatoms. The molecule has 3 aromatic carbocycles. The SMILES string of the molecule is COc1cccc(N2C(=O)C(Cl)=C(Nc3ccc(C(=O)Oc4ccc(C)cc4C)cc3)C2=O)c1. The number of rotatable bonds is 6. The molecule has 1 aliphatic rings. The summed E-state index contributed by atoms with van der Waals surface area (Å²) in [6.07, 6.45) is 0. The second-order valence-electron chi connectivity index (χ2n) is 7.70. The van der Waals surface area contributed by atoms with Crippen molar-refractivity contribution in [2.45, 2.75) is 13.8 Å². The molecule has 0 unspecified atom stereocenters. The molecule has 1 aliphatic heterocycles. The van der Waals surface area contributed by atoms with Crippen LogP contribution in [0, 0.1) is 13.8 Å². The van der Waals surface area contributed by atoms with Crippen LogP contribution in [0.2, 0.25) is 0 Å². The zero-order valence-corrected chi connectivity index (χ0v) is 19.5. The van der Waals surface area contributed by atoms with Gasteiger partial charge in [-0.05, 0) is 61.9 Å². The number of ether oxygens (including phenoxy) is 2. The molecule has 0 saturated carbocycles. The summed E-state index contributed by atoms with van der Waals surface area (Å²) in [5.41, 5.74) is 3.03. The van der Waals surface area contributed by atoms with Crippen molar-refractivity contribution in [2.24, 2.45) is 0 Å². The molecule has 0 bridgehead atoms. The molecule has 0 aromatic heterocycles. The molecule has 1 N–H and O–H groups in total. The van der Waals surface area contributed by atoms with Crippen LogP contribution in [0.25, 0.3) is 0 Å². The van der Waals surface area contributed by atoms with Crippen LogP contribution in [-0.4, -0.2) is 24.9 Å². The maximum atomic E-state index is 13.0. The van der Waals surface area contributed by atoms with E-state index in [1.54, 1.807) is 54.6 Å². The normalized spacial score (nSPS) is 13.4. The molecule has 34 heavy (non-hydrogen) atoms. The maximum absolute atomic E-state index is 13.0. The first-order valence-electron chi connectivity index (χ1n) is 10.4. The van der Waals surface area contributed by atoms with Crippen molar-refractivity contribution in [2.75, 3.05) is 17.3 Å². The highest BCUT2D eigenvalue weighted by Crippen LogP contribution is 2.32. The van der Waals surface area contributed by atoms with Crippen molar-refractivity contribution in [1.29, 1.82) is 0 Å². The van der Waals surface area contributed by atoms with Crippen LogP contribution < -0.4 is 19.7 Å². The Morgan fingerprint density at radius 2 is 1.68 bits per heavy atom. The predicted molar refractivity (Wildman–Crippen MR) is 129 cm³/mol. The van der Waals surface area contributed by atoms with Crippen LogP contribution in [0.5, 0.6) is 11.5 Å². The van der Waals surface area contributed by atoms with Gasteiger partial charge >= 0.3 is 5.97 Å². The highest BCUT2D eigenvalue weighted by molar-refractivity contribution is 6.53. The van der Waals surface area contributed by atoms with Crippen LogP contribution in [0.1, 0.15) is 21.5 Å². The van der Waals surface area contributed by atoms with Gasteiger partial charge in [-0.2, -0.15) is 0 Å². The summed E-state index contributed by atoms with van der Waals surface area (Å²) in [5, 5.41) is 2.65. The maximum Gasteiger partial charge on any atom is 0.343 e. The number of hydrogen-bond acceptors (Lipinski definition) is 6. The molecule has 0 radical (unpaired) electrons. The first kappa shape index (κ1) is 23.1. The minimum atomic E-state index is -0.643. The molecule has 0 saturated heterocycles. The second-order valence-corrected chi connectivity index (χ2v) is 8.07. The number of benzene rings is 3. The van der Waals surface area contributed by atoms with Gasteiger partial charge in [0.2, 0.25) is 0 Å². The summed E-state index contributed by atoms with van der Waals surface area (Å²) in [4.78, 5) is 39.1. The van der Waals surface area contributed by atoms with Gasteiger partial charge in [0.25, 0.3) is 11.8 Å². The summed E-state index contributed by atoms with van der Waals surface area (Å²) < 4.78 is 10.6. The Hall–Kier alpha value is -4.10. The second kappa shape index (κ2) is 9.41. The molecule has 0 fully saturated rings. The van der Waals surface area contributed by atoms with Crippen LogP contribution >= 0.6 is 11.6 Å². The smallest absolute Gasteiger partial charge is 0.343 e. The fourth-order valence-corrected chi connectivity index (χ4v) is 3.71. The fraction of sp³-hybridized carbons (Fsp3) is 0.115. The molecular formula is C26H21ClN2O5. The summed E-state index contributed by atoms with van der Waals surface area (Å²) in [6.45, 7) is 3.83. The summed E-state index contributed by atoms with van der Waals surface area (Å²) >= 11 is 6.19. The lowest BCUT2D eigenvalue weighted by Gasteiger charge is -2.16. The van der Waals surface area contributed by atoms with E-state index < -0.39 is 17.8 Å². The highest BCUT2D eigenvalue weighted by Gasteiger charge is 2.39. The number of nitrogens with zero attached hydrogens (tertiary/aromatic N) is 1. The number of carbonyl (C=O) groups excluding carboxylic acids is 3. The van der Waals surface area contributed by atoms with Crippen molar-refractivity contribution >= 4 is 40.8 Å². The van der Waals surface area contributed by atoms with Crippen LogP contribution in [-0.2, 0) is 9.59 Å². The van der Waals surface area contributed by atoms with Crippen LogP contribution in [0.4, 0.5) is 11.4 Å². The average molecular weight is 477 g/mol. The Morgan fingerprint density at radius 3 is 2.35 bits per heavy atom. The number of imide groups is 1. The number of carbonyl (C=O) groups is 3. The number of halogens is 1. The summed E-state index contributed by atoms with van der Waals surface area (Å²) in [6, 6.07) is 18.4. The first-order chi connectivity index (χ1) is 16.3. The minimum Gasteiger partial charge on any atom is -0.497 e. The third-order valence-corrected chi connectivity index (χ3v) is 5.61. The van der Waals surface area contributed by atoms with Gasteiger partial charge in [0, 0.05) is 11.8 Å². The van der Waals surface area contributed by atoms with E-state index in [-0.39, 0.29) is 10.7 Å². The van der Waals surface area contributed by atoms with Gasteiger partial charge < -0.3 is 14.8 Å². The van der Waals surface area contributed by atoms with E-state index in [1.807, 2.05) is 26.0 Å². The third-order valence-electron chi connectivity index (χ3n) is 5.26. The van der Waals surface area contributed by atoms with Gasteiger partial charge in [-0.3, -0.25) is 9.59 Å². The lowest BCUT2D eigenvalue weighted by atomic mass is 10.1. The first-order valence-corrected chi connectivity index (χ1v) is 10.8. The largest absolute Gasteiger partial charge is 0.497 e. The topological polar surface area (TPSA) is 84.9 Å². The predicted octanol–water partition coefficient (Wildman–Crippen LogP) is 4.97. The molecule has 1 heterocycles. The number of nitrogens with one attached hydrogen (secondary N) is 1. The fourth-order valence-electron chi connectivity index (χ4n) is 3.50. The number of aryl methyl sites for hydroxylation is 2. The molecule has 0 aliphatic carbocycles. The number of esters is 1. The van der Waals surface area contributed by atoms with E-state index >= 15 is 0 Å². The van der Waals surface area contributed by atoms with Crippen molar-refractivity contribution < 1.29 is 23.9 Å². The Labute approximate surface area is 201 Å². The van der Waals surface area contributed by atoms with Crippen molar-refractivity contribution in [3.05, 3.63) is 94.1 Å². The number of methoxy groups -OCH3 is 1. The third kappa shape index (κ3) is 4.51. The van der Waals surface area contributed by atoms with Gasteiger partial charge in [0.1, 0.15) is 22.2 Å².